The Hall–Kier alpha value is -2.99. The Labute approximate surface area is 165 Å². The summed E-state index contributed by atoms with van der Waals surface area (Å²) in [5, 5.41) is 0. The number of methoxy groups -OCH3 is 1. The highest BCUT2D eigenvalue weighted by atomic mass is 16.5. The molecule has 146 valence electrons. The third kappa shape index (κ3) is 3.31. The molecule has 1 aliphatic rings. The van der Waals surface area contributed by atoms with E-state index in [4.69, 9.17) is 20.2 Å². The van der Waals surface area contributed by atoms with Gasteiger partial charge in [-0.1, -0.05) is 24.3 Å². The molecule has 1 aliphatic heterocycles. The smallest absolute Gasteiger partial charge is 0.145 e. The van der Waals surface area contributed by atoms with Crippen LogP contribution < -0.4 is 15.4 Å². The van der Waals surface area contributed by atoms with Crippen molar-refractivity contribution < 1.29 is 9.47 Å². The first-order valence-corrected chi connectivity index (χ1v) is 9.51. The second kappa shape index (κ2) is 7.56. The molecule has 0 saturated carbocycles. The zero-order valence-corrected chi connectivity index (χ0v) is 16.6. The molecule has 28 heavy (non-hydrogen) atoms. The SMILES string of the molecule is COc1cc(N2CCOCC2)cc(-n2cc(C)nc2-c2ccccc2C)c1N. The highest BCUT2D eigenvalue weighted by molar-refractivity contribution is 5.76. The van der Waals surface area contributed by atoms with Gasteiger partial charge >= 0.3 is 0 Å². The molecule has 0 radical (unpaired) electrons. The van der Waals surface area contributed by atoms with Gasteiger partial charge in [0.05, 0.1) is 37.4 Å². The van der Waals surface area contributed by atoms with Crippen LogP contribution in [0.1, 0.15) is 11.3 Å². The topological polar surface area (TPSA) is 65.5 Å². The lowest BCUT2D eigenvalue weighted by atomic mass is 10.1. The molecule has 0 bridgehead atoms. The predicted molar refractivity (Wildman–Crippen MR) is 112 cm³/mol. The molecule has 0 aliphatic carbocycles. The molecular weight excluding hydrogens is 352 g/mol. The zero-order valence-electron chi connectivity index (χ0n) is 16.6. The van der Waals surface area contributed by atoms with E-state index in [1.807, 2.05) is 31.3 Å². The number of hydrogen-bond donors (Lipinski definition) is 1. The van der Waals surface area contributed by atoms with Gasteiger partial charge < -0.3 is 20.1 Å². The molecule has 2 aromatic carbocycles. The fourth-order valence-corrected chi connectivity index (χ4v) is 3.67. The summed E-state index contributed by atoms with van der Waals surface area (Å²) in [6, 6.07) is 12.4. The molecule has 0 spiro atoms. The maximum atomic E-state index is 6.50. The van der Waals surface area contributed by atoms with Gasteiger partial charge in [-0.3, -0.25) is 4.57 Å². The van der Waals surface area contributed by atoms with E-state index < -0.39 is 0 Å². The van der Waals surface area contributed by atoms with Gasteiger partial charge in [0.1, 0.15) is 11.6 Å². The first-order valence-electron chi connectivity index (χ1n) is 9.51. The average Bonchev–Trinajstić information content (AvgIpc) is 3.10. The van der Waals surface area contributed by atoms with Gasteiger partial charge in [-0.15, -0.1) is 0 Å². The zero-order chi connectivity index (χ0) is 19.7. The summed E-state index contributed by atoms with van der Waals surface area (Å²) in [6.07, 6.45) is 2.02. The maximum Gasteiger partial charge on any atom is 0.145 e. The van der Waals surface area contributed by atoms with Crippen LogP contribution >= 0.6 is 0 Å². The summed E-state index contributed by atoms with van der Waals surface area (Å²) >= 11 is 0. The van der Waals surface area contributed by atoms with E-state index in [0.717, 1.165) is 54.8 Å². The van der Waals surface area contributed by atoms with Crippen molar-refractivity contribution in [1.82, 2.24) is 9.55 Å². The molecular formula is C22H26N4O2. The van der Waals surface area contributed by atoms with Crippen molar-refractivity contribution in [2.24, 2.45) is 0 Å². The molecule has 4 rings (SSSR count). The predicted octanol–water partition coefficient (Wildman–Crippen LogP) is 3.58. The quantitative estimate of drug-likeness (QED) is 0.703. The molecule has 2 N–H and O–H groups in total. The summed E-state index contributed by atoms with van der Waals surface area (Å²) in [4.78, 5) is 7.09. The number of aromatic nitrogens is 2. The van der Waals surface area contributed by atoms with E-state index in [9.17, 15) is 0 Å². The van der Waals surface area contributed by atoms with Crippen molar-refractivity contribution in [1.29, 1.82) is 0 Å². The van der Waals surface area contributed by atoms with Gasteiger partial charge in [0.2, 0.25) is 0 Å². The number of aryl methyl sites for hydroxylation is 2. The standard InChI is InChI=1S/C22H26N4O2/c1-15-6-4-5-7-18(15)22-24-16(2)14-26(22)19-12-17(13-20(27-3)21(19)23)25-8-10-28-11-9-25/h4-7,12-14H,8-11,23H2,1-3H3. The molecule has 6 heteroatoms. The van der Waals surface area contributed by atoms with Gasteiger partial charge in [-0.25, -0.2) is 4.98 Å². The van der Waals surface area contributed by atoms with E-state index in [2.05, 4.69) is 34.6 Å². The number of hydrogen-bond acceptors (Lipinski definition) is 5. The highest BCUT2D eigenvalue weighted by Crippen LogP contribution is 2.37. The first kappa shape index (κ1) is 18.4. The highest BCUT2D eigenvalue weighted by Gasteiger charge is 2.20. The minimum Gasteiger partial charge on any atom is -0.494 e. The summed E-state index contributed by atoms with van der Waals surface area (Å²) in [7, 11) is 1.65. The summed E-state index contributed by atoms with van der Waals surface area (Å²) in [5.74, 6) is 1.55. The molecule has 2 heterocycles. The Morgan fingerprint density at radius 3 is 2.57 bits per heavy atom. The fraction of sp³-hybridized carbons (Fsp3) is 0.318. The second-order valence-corrected chi connectivity index (χ2v) is 7.07. The number of nitrogens with zero attached hydrogens (tertiary/aromatic N) is 3. The second-order valence-electron chi connectivity index (χ2n) is 7.07. The van der Waals surface area contributed by atoms with Crippen LogP contribution in [0.5, 0.6) is 5.75 Å². The van der Waals surface area contributed by atoms with Gasteiger partial charge in [-0.2, -0.15) is 0 Å². The van der Waals surface area contributed by atoms with Crippen molar-refractivity contribution in [3.63, 3.8) is 0 Å². The lowest BCUT2D eigenvalue weighted by molar-refractivity contribution is 0.122. The van der Waals surface area contributed by atoms with Crippen LogP contribution in [-0.4, -0.2) is 43.0 Å². The first-order chi connectivity index (χ1) is 13.6. The van der Waals surface area contributed by atoms with E-state index in [-0.39, 0.29) is 0 Å². The minimum absolute atomic E-state index is 0.603. The van der Waals surface area contributed by atoms with Crippen molar-refractivity contribution >= 4 is 11.4 Å². The maximum absolute atomic E-state index is 6.50. The van der Waals surface area contributed by atoms with E-state index in [0.29, 0.717) is 11.4 Å². The number of imidazole rings is 1. The minimum atomic E-state index is 0.603. The monoisotopic (exact) mass is 378 g/mol. The molecule has 1 saturated heterocycles. The Kier molecular flexibility index (Phi) is 4.96. The number of nitrogens with two attached hydrogens (primary N) is 1. The molecule has 6 nitrogen and oxygen atoms in total. The molecule has 1 fully saturated rings. The van der Waals surface area contributed by atoms with Crippen LogP contribution in [0, 0.1) is 13.8 Å². The summed E-state index contributed by atoms with van der Waals surface area (Å²) < 4.78 is 13.2. The number of morpholine rings is 1. The van der Waals surface area contributed by atoms with E-state index in [1.54, 1.807) is 7.11 Å². The average molecular weight is 378 g/mol. The van der Waals surface area contributed by atoms with Crippen LogP contribution in [0.4, 0.5) is 11.4 Å². The largest absolute Gasteiger partial charge is 0.494 e. The van der Waals surface area contributed by atoms with Gasteiger partial charge in [-0.05, 0) is 25.5 Å². The van der Waals surface area contributed by atoms with E-state index >= 15 is 0 Å². The Morgan fingerprint density at radius 2 is 1.86 bits per heavy atom. The van der Waals surface area contributed by atoms with Gasteiger partial charge in [0.25, 0.3) is 0 Å². The molecule has 1 aromatic heterocycles. The molecule has 0 amide bonds. The van der Waals surface area contributed by atoms with Crippen molar-refractivity contribution in [2.45, 2.75) is 13.8 Å². The number of nitrogen functional groups attached to an aromatic ring is 1. The number of anilines is 2. The Morgan fingerprint density at radius 1 is 1.11 bits per heavy atom. The normalized spacial score (nSPS) is 14.3. The number of benzene rings is 2. The van der Waals surface area contributed by atoms with Crippen LogP contribution in [0.25, 0.3) is 17.1 Å². The lowest BCUT2D eigenvalue weighted by Crippen LogP contribution is -2.36. The van der Waals surface area contributed by atoms with Crippen LogP contribution in [-0.2, 0) is 4.74 Å². The van der Waals surface area contributed by atoms with Gasteiger partial charge in [0, 0.05) is 36.6 Å². The van der Waals surface area contributed by atoms with Crippen LogP contribution in [0.2, 0.25) is 0 Å². The van der Waals surface area contributed by atoms with E-state index in [1.165, 1.54) is 5.56 Å². The fourth-order valence-electron chi connectivity index (χ4n) is 3.67. The van der Waals surface area contributed by atoms with Crippen LogP contribution in [0.15, 0.2) is 42.6 Å². The Balaban J connectivity index is 1.89. The summed E-state index contributed by atoms with van der Waals surface area (Å²) in [5.41, 5.74) is 12.3. The molecule has 0 unspecified atom stereocenters. The number of rotatable bonds is 4. The number of ether oxygens (including phenoxy) is 2. The summed E-state index contributed by atoms with van der Waals surface area (Å²) in [6.45, 7) is 7.23. The van der Waals surface area contributed by atoms with Crippen molar-refractivity contribution in [2.75, 3.05) is 44.0 Å². The third-order valence-corrected chi connectivity index (χ3v) is 5.17. The van der Waals surface area contributed by atoms with Crippen LogP contribution in [0.3, 0.4) is 0 Å². The third-order valence-electron chi connectivity index (χ3n) is 5.17. The van der Waals surface area contributed by atoms with Crippen molar-refractivity contribution in [3.05, 3.63) is 53.9 Å². The molecule has 3 aromatic rings. The molecule has 0 atom stereocenters. The van der Waals surface area contributed by atoms with Crippen molar-refractivity contribution in [3.8, 4) is 22.8 Å². The Bertz CT molecular complexity index is 990. The van der Waals surface area contributed by atoms with Gasteiger partial charge in [0.15, 0.2) is 0 Å². The lowest BCUT2D eigenvalue weighted by Gasteiger charge is -2.30.